The number of nitrogens with two attached hydrogens (primary N) is 1. The normalized spacial score (nSPS) is 17.8. The Hall–Kier alpha value is -2.38. The molecule has 24 heavy (non-hydrogen) atoms. The van der Waals surface area contributed by atoms with Gasteiger partial charge >= 0.3 is 0 Å². The molecule has 1 aliphatic rings. The smallest absolute Gasteiger partial charge is 0.254 e. The molecule has 1 aliphatic heterocycles. The number of rotatable bonds is 5. The lowest BCUT2D eigenvalue weighted by atomic mass is 10.2. The predicted octanol–water partition coefficient (Wildman–Crippen LogP) is 1.29. The Bertz CT molecular complexity index is 683. The third-order valence-electron chi connectivity index (χ3n) is 3.94. The molecule has 2 aromatic heterocycles. The highest BCUT2D eigenvalue weighted by Gasteiger charge is 2.17. The van der Waals surface area contributed by atoms with Crippen LogP contribution in [0.25, 0.3) is 0 Å². The largest absolute Gasteiger partial charge is 0.467 e. The number of nitrogens with one attached hydrogen (secondary N) is 1. The van der Waals surface area contributed by atoms with Crippen LogP contribution in [0.3, 0.4) is 0 Å². The summed E-state index contributed by atoms with van der Waals surface area (Å²) in [4.78, 5) is 18.7. The molecule has 128 valence electrons. The second kappa shape index (κ2) is 7.46. The Balaban J connectivity index is 1.55. The van der Waals surface area contributed by atoms with Crippen LogP contribution < -0.4 is 16.0 Å². The van der Waals surface area contributed by atoms with Gasteiger partial charge in [-0.2, -0.15) is 0 Å². The van der Waals surface area contributed by atoms with Gasteiger partial charge in [0.1, 0.15) is 17.8 Å². The Morgan fingerprint density at radius 3 is 3.04 bits per heavy atom. The highest BCUT2D eigenvalue weighted by Crippen LogP contribution is 2.15. The van der Waals surface area contributed by atoms with Gasteiger partial charge in [-0.15, -0.1) is 0 Å². The number of aromatic nitrogens is 1. The number of carbonyl (C=O) groups excluding carboxylic acids is 1. The summed E-state index contributed by atoms with van der Waals surface area (Å²) in [5, 5.41) is 2.85. The SMILES string of the molecule is CC1CN(c2ccc(CNC(=O)c3coc(CN)c3)cn2)CCO1. The standard InChI is InChI=1S/C17H22N4O3/c1-12-10-21(4-5-23-12)16-3-2-13(8-19-16)9-20-17(22)14-6-15(7-18)24-11-14/h2-3,6,8,11-12H,4-5,7,9-10,18H2,1H3,(H,20,22). The van der Waals surface area contributed by atoms with Crippen molar-refractivity contribution >= 4 is 11.7 Å². The number of amides is 1. The number of hydrogen-bond donors (Lipinski definition) is 2. The first-order valence-electron chi connectivity index (χ1n) is 8.03. The minimum Gasteiger partial charge on any atom is -0.467 e. The fourth-order valence-corrected chi connectivity index (χ4v) is 2.63. The van der Waals surface area contributed by atoms with Gasteiger partial charge in [0.15, 0.2) is 0 Å². The Kier molecular flexibility index (Phi) is 5.12. The zero-order valence-corrected chi connectivity index (χ0v) is 13.7. The lowest BCUT2D eigenvalue weighted by molar-refractivity contribution is 0.0529. The quantitative estimate of drug-likeness (QED) is 0.858. The maximum atomic E-state index is 12.0. The van der Waals surface area contributed by atoms with Crippen LogP contribution in [0.1, 0.15) is 28.6 Å². The summed E-state index contributed by atoms with van der Waals surface area (Å²) in [6.45, 7) is 5.15. The van der Waals surface area contributed by atoms with Crippen molar-refractivity contribution in [2.45, 2.75) is 26.1 Å². The van der Waals surface area contributed by atoms with Crippen LogP contribution in [0.15, 0.2) is 35.1 Å². The van der Waals surface area contributed by atoms with Gasteiger partial charge in [0.05, 0.1) is 24.8 Å². The van der Waals surface area contributed by atoms with Crippen LogP contribution >= 0.6 is 0 Å². The molecule has 3 N–H and O–H groups in total. The first-order valence-corrected chi connectivity index (χ1v) is 8.03. The lowest BCUT2D eigenvalue weighted by Crippen LogP contribution is -2.41. The van der Waals surface area contributed by atoms with E-state index >= 15 is 0 Å². The molecule has 0 bridgehead atoms. The minimum absolute atomic E-state index is 0.190. The van der Waals surface area contributed by atoms with Crippen LogP contribution in [-0.2, 0) is 17.8 Å². The molecule has 2 aromatic rings. The number of hydrogen-bond acceptors (Lipinski definition) is 6. The van der Waals surface area contributed by atoms with E-state index in [4.69, 9.17) is 14.9 Å². The van der Waals surface area contributed by atoms with Crippen LogP contribution in [0.4, 0.5) is 5.82 Å². The molecule has 0 spiro atoms. The molecule has 3 rings (SSSR count). The lowest BCUT2D eigenvalue weighted by Gasteiger charge is -2.32. The van der Waals surface area contributed by atoms with Gasteiger partial charge in [0.2, 0.25) is 0 Å². The molecular weight excluding hydrogens is 308 g/mol. The van der Waals surface area contributed by atoms with Gasteiger partial charge in [-0.3, -0.25) is 4.79 Å². The maximum Gasteiger partial charge on any atom is 0.254 e. The molecule has 1 fully saturated rings. The van der Waals surface area contributed by atoms with Crippen molar-refractivity contribution in [3.05, 3.63) is 47.5 Å². The summed E-state index contributed by atoms with van der Waals surface area (Å²) in [6.07, 6.45) is 3.42. The van der Waals surface area contributed by atoms with Gasteiger partial charge in [-0.1, -0.05) is 6.07 Å². The van der Waals surface area contributed by atoms with Gasteiger partial charge in [-0.05, 0) is 24.6 Å². The molecule has 0 aromatic carbocycles. The number of furan rings is 1. The van der Waals surface area contributed by atoms with Crippen molar-refractivity contribution in [2.24, 2.45) is 5.73 Å². The number of pyridine rings is 1. The van der Waals surface area contributed by atoms with Crippen LogP contribution in [0, 0.1) is 0 Å². The van der Waals surface area contributed by atoms with E-state index in [-0.39, 0.29) is 18.6 Å². The summed E-state index contributed by atoms with van der Waals surface area (Å²) in [7, 11) is 0. The topological polar surface area (TPSA) is 93.6 Å². The van der Waals surface area contributed by atoms with Crippen molar-refractivity contribution in [3.63, 3.8) is 0 Å². The molecule has 1 amide bonds. The van der Waals surface area contributed by atoms with E-state index in [2.05, 4.69) is 22.1 Å². The van der Waals surface area contributed by atoms with Crippen molar-refractivity contribution in [3.8, 4) is 0 Å². The fraction of sp³-hybridized carbons (Fsp3) is 0.412. The molecule has 7 nitrogen and oxygen atoms in total. The number of carbonyl (C=O) groups is 1. The van der Waals surface area contributed by atoms with Gasteiger partial charge in [-0.25, -0.2) is 4.98 Å². The maximum absolute atomic E-state index is 12.0. The third-order valence-corrected chi connectivity index (χ3v) is 3.94. The average Bonchev–Trinajstić information content (AvgIpc) is 3.09. The predicted molar refractivity (Wildman–Crippen MR) is 89.6 cm³/mol. The molecule has 1 atom stereocenters. The summed E-state index contributed by atoms with van der Waals surface area (Å²) < 4.78 is 10.7. The average molecular weight is 330 g/mol. The number of anilines is 1. The summed E-state index contributed by atoms with van der Waals surface area (Å²) >= 11 is 0. The Labute approximate surface area is 140 Å². The highest BCUT2D eigenvalue weighted by molar-refractivity contribution is 5.93. The zero-order valence-electron chi connectivity index (χ0n) is 13.7. The van der Waals surface area contributed by atoms with Crippen molar-refractivity contribution in [2.75, 3.05) is 24.6 Å². The van der Waals surface area contributed by atoms with Crippen LogP contribution in [0.5, 0.6) is 0 Å². The second-order valence-electron chi connectivity index (χ2n) is 5.84. The van der Waals surface area contributed by atoms with E-state index in [1.165, 1.54) is 6.26 Å². The third kappa shape index (κ3) is 3.93. The summed E-state index contributed by atoms with van der Waals surface area (Å²) in [5.74, 6) is 1.33. The molecule has 0 aliphatic carbocycles. The molecular formula is C17H22N4O3. The number of ether oxygens (including phenoxy) is 1. The van der Waals surface area contributed by atoms with Crippen molar-refractivity contribution in [1.82, 2.24) is 10.3 Å². The molecule has 3 heterocycles. The monoisotopic (exact) mass is 330 g/mol. The first kappa shape index (κ1) is 16.5. The molecule has 0 saturated carbocycles. The molecule has 7 heteroatoms. The Morgan fingerprint density at radius 2 is 2.38 bits per heavy atom. The highest BCUT2D eigenvalue weighted by atomic mass is 16.5. The van der Waals surface area contributed by atoms with E-state index in [9.17, 15) is 4.79 Å². The van der Waals surface area contributed by atoms with E-state index in [1.807, 2.05) is 12.1 Å². The van der Waals surface area contributed by atoms with E-state index < -0.39 is 0 Å². The van der Waals surface area contributed by atoms with Gasteiger partial charge < -0.3 is 25.1 Å². The minimum atomic E-state index is -0.190. The molecule has 1 unspecified atom stereocenters. The zero-order chi connectivity index (χ0) is 16.9. The summed E-state index contributed by atoms with van der Waals surface area (Å²) in [6, 6.07) is 5.60. The van der Waals surface area contributed by atoms with Gasteiger partial charge in [0.25, 0.3) is 5.91 Å². The molecule has 1 saturated heterocycles. The van der Waals surface area contributed by atoms with Crippen molar-refractivity contribution in [1.29, 1.82) is 0 Å². The van der Waals surface area contributed by atoms with Gasteiger partial charge in [0, 0.05) is 25.8 Å². The fourth-order valence-electron chi connectivity index (χ4n) is 2.63. The second-order valence-corrected chi connectivity index (χ2v) is 5.84. The van der Waals surface area contributed by atoms with Crippen LogP contribution in [0.2, 0.25) is 0 Å². The van der Waals surface area contributed by atoms with Crippen molar-refractivity contribution < 1.29 is 13.9 Å². The van der Waals surface area contributed by atoms with E-state index in [0.29, 0.717) is 17.9 Å². The molecule has 0 radical (unpaired) electrons. The Morgan fingerprint density at radius 1 is 1.50 bits per heavy atom. The van der Waals surface area contributed by atoms with Crippen LogP contribution in [-0.4, -0.2) is 36.7 Å². The number of morpholine rings is 1. The summed E-state index contributed by atoms with van der Waals surface area (Å²) in [5.41, 5.74) is 6.88. The van der Waals surface area contributed by atoms with E-state index in [0.717, 1.165) is 31.1 Å². The number of nitrogens with zero attached hydrogens (tertiary/aromatic N) is 2. The first-order chi connectivity index (χ1) is 11.7. The van der Waals surface area contributed by atoms with E-state index in [1.54, 1.807) is 12.3 Å².